The average molecular weight is 302 g/mol. The lowest BCUT2D eigenvalue weighted by Crippen LogP contribution is -2.26. The SMILES string of the molecule is CC1=[N+](CCCCCCC(=O)O)c2ccc(C)cc2C1(C)C. The maximum absolute atomic E-state index is 10.5. The van der Waals surface area contributed by atoms with Crippen LogP contribution in [-0.4, -0.2) is 27.9 Å². The van der Waals surface area contributed by atoms with E-state index in [0.717, 1.165) is 32.2 Å². The number of carbonyl (C=O) groups is 1. The number of hydrogen-bond acceptors (Lipinski definition) is 1. The molecule has 0 saturated carbocycles. The normalized spacial score (nSPS) is 16.0. The van der Waals surface area contributed by atoms with Crippen LogP contribution in [0.25, 0.3) is 0 Å². The number of unbranched alkanes of at least 4 members (excludes halogenated alkanes) is 3. The summed E-state index contributed by atoms with van der Waals surface area (Å²) in [5.41, 5.74) is 5.60. The summed E-state index contributed by atoms with van der Waals surface area (Å²) < 4.78 is 2.45. The predicted molar refractivity (Wildman–Crippen MR) is 90.4 cm³/mol. The largest absolute Gasteiger partial charge is 0.481 e. The first-order valence-corrected chi connectivity index (χ1v) is 8.28. The summed E-state index contributed by atoms with van der Waals surface area (Å²) in [7, 11) is 0. The Balaban J connectivity index is 1.99. The Morgan fingerprint density at radius 2 is 1.82 bits per heavy atom. The molecule has 0 bridgehead atoms. The van der Waals surface area contributed by atoms with Crippen molar-refractivity contribution in [1.82, 2.24) is 0 Å². The minimum absolute atomic E-state index is 0.102. The molecule has 0 spiro atoms. The Kier molecular flexibility index (Phi) is 5.05. The summed E-state index contributed by atoms with van der Waals surface area (Å²) in [6.45, 7) is 10.0. The third-order valence-electron chi connectivity index (χ3n) is 4.95. The van der Waals surface area contributed by atoms with E-state index in [1.54, 1.807) is 0 Å². The first-order chi connectivity index (χ1) is 10.3. The van der Waals surface area contributed by atoms with Gasteiger partial charge in [0.25, 0.3) is 0 Å². The fraction of sp³-hybridized carbons (Fsp3) is 0.579. The zero-order chi connectivity index (χ0) is 16.3. The van der Waals surface area contributed by atoms with Gasteiger partial charge in [-0.15, -0.1) is 0 Å². The van der Waals surface area contributed by atoms with Crippen LogP contribution >= 0.6 is 0 Å². The lowest BCUT2D eigenvalue weighted by molar-refractivity contribution is -0.439. The number of hydrogen-bond donors (Lipinski definition) is 1. The molecule has 22 heavy (non-hydrogen) atoms. The highest BCUT2D eigenvalue weighted by molar-refractivity contribution is 5.93. The highest BCUT2D eigenvalue weighted by Gasteiger charge is 2.42. The fourth-order valence-corrected chi connectivity index (χ4v) is 3.29. The molecular formula is C19H28NO2+. The maximum atomic E-state index is 10.5. The van der Waals surface area contributed by atoms with Crippen molar-refractivity contribution in [3.8, 4) is 0 Å². The van der Waals surface area contributed by atoms with E-state index in [9.17, 15) is 4.79 Å². The van der Waals surface area contributed by atoms with Crippen molar-refractivity contribution >= 4 is 17.4 Å². The van der Waals surface area contributed by atoms with E-state index in [0.29, 0.717) is 6.42 Å². The van der Waals surface area contributed by atoms with Crippen molar-refractivity contribution in [2.75, 3.05) is 6.54 Å². The van der Waals surface area contributed by atoms with Gasteiger partial charge < -0.3 is 5.11 Å². The summed E-state index contributed by atoms with van der Waals surface area (Å²) in [6.07, 6.45) is 4.30. The Morgan fingerprint density at radius 3 is 2.50 bits per heavy atom. The minimum atomic E-state index is -0.685. The topological polar surface area (TPSA) is 40.3 Å². The van der Waals surface area contributed by atoms with Gasteiger partial charge in [0.05, 0.1) is 5.41 Å². The Hall–Kier alpha value is -1.64. The van der Waals surface area contributed by atoms with Crippen molar-refractivity contribution in [1.29, 1.82) is 0 Å². The number of aryl methyl sites for hydroxylation is 1. The second-order valence-corrected chi connectivity index (χ2v) is 6.94. The molecule has 3 nitrogen and oxygen atoms in total. The van der Waals surface area contributed by atoms with E-state index < -0.39 is 5.97 Å². The first-order valence-electron chi connectivity index (χ1n) is 8.28. The van der Waals surface area contributed by atoms with Crippen LogP contribution in [0.5, 0.6) is 0 Å². The van der Waals surface area contributed by atoms with Crippen LogP contribution in [0.1, 0.15) is 64.0 Å². The van der Waals surface area contributed by atoms with Gasteiger partial charge in [-0.25, -0.2) is 0 Å². The van der Waals surface area contributed by atoms with Gasteiger partial charge in [0.15, 0.2) is 5.71 Å². The van der Waals surface area contributed by atoms with Gasteiger partial charge >= 0.3 is 5.97 Å². The van der Waals surface area contributed by atoms with Crippen LogP contribution in [0.4, 0.5) is 5.69 Å². The summed E-state index contributed by atoms with van der Waals surface area (Å²) in [5, 5.41) is 8.66. The van der Waals surface area contributed by atoms with Crippen molar-refractivity contribution in [3.63, 3.8) is 0 Å². The van der Waals surface area contributed by atoms with Gasteiger partial charge in [-0.1, -0.05) is 18.1 Å². The molecule has 120 valence electrons. The predicted octanol–water partition coefficient (Wildman–Crippen LogP) is 4.43. The standard InChI is InChI=1S/C19H27NO2/c1-14-10-11-17-16(13-14)19(3,4)15(2)20(17)12-8-6-5-7-9-18(21)22/h10-11,13H,5-9,12H2,1-4H3/p+1. The highest BCUT2D eigenvalue weighted by atomic mass is 16.4. The van der Waals surface area contributed by atoms with Gasteiger partial charge in [0.2, 0.25) is 5.69 Å². The molecule has 0 aliphatic carbocycles. The van der Waals surface area contributed by atoms with E-state index in [1.807, 2.05) is 0 Å². The molecule has 0 amide bonds. The molecular weight excluding hydrogens is 274 g/mol. The van der Waals surface area contributed by atoms with E-state index >= 15 is 0 Å². The second-order valence-electron chi connectivity index (χ2n) is 6.94. The molecule has 2 rings (SSSR count). The number of nitrogens with zero attached hydrogens (tertiary/aromatic N) is 1. The van der Waals surface area contributed by atoms with Gasteiger partial charge in [0.1, 0.15) is 6.54 Å². The van der Waals surface area contributed by atoms with Crippen LogP contribution < -0.4 is 0 Å². The van der Waals surface area contributed by atoms with Gasteiger partial charge in [0, 0.05) is 31.4 Å². The van der Waals surface area contributed by atoms with Crippen molar-refractivity contribution in [2.45, 2.75) is 65.2 Å². The molecule has 0 unspecified atom stereocenters. The molecule has 1 aromatic rings. The number of carboxylic acid groups (broad SMARTS) is 1. The number of fused-ring (bicyclic) bond motifs is 1. The van der Waals surface area contributed by atoms with Crippen LogP contribution in [0.15, 0.2) is 18.2 Å². The molecule has 0 atom stereocenters. The fourth-order valence-electron chi connectivity index (χ4n) is 3.29. The van der Waals surface area contributed by atoms with Crippen LogP contribution in [0.3, 0.4) is 0 Å². The van der Waals surface area contributed by atoms with Crippen LogP contribution in [0.2, 0.25) is 0 Å². The summed E-state index contributed by atoms with van der Waals surface area (Å²) in [6, 6.07) is 6.74. The van der Waals surface area contributed by atoms with Crippen molar-refractivity contribution < 1.29 is 14.5 Å². The Morgan fingerprint density at radius 1 is 1.14 bits per heavy atom. The zero-order valence-electron chi connectivity index (χ0n) is 14.3. The number of rotatable bonds is 7. The number of aliphatic carboxylic acids is 1. The summed E-state index contributed by atoms with van der Waals surface area (Å²) in [5.74, 6) is -0.685. The lowest BCUT2D eigenvalue weighted by Gasteiger charge is -2.15. The van der Waals surface area contributed by atoms with E-state index in [2.05, 4.69) is 50.5 Å². The molecule has 0 fully saturated rings. The quantitative estimate of drug-likeness (QED) is 0.598. The summed E-state index contributed by atoms with van der Waals surface area (Å²) in [4.78, 5) is 10.5. The highest BCUT2D eigenvalue weighted by Crippen LogP contribution is 2.39. The molecule has 1 aliphatic rings. The Labute approximate surface area is 133 Å². The van der Waals surface area contributed by atoms with Crippen LogP contribution in [-0.2, 0) is 10.2 Å². The third-order valence-corrected chi connectivity index (χ3v) is 4.95. The van der Waals surface area contributed by atoms with Gasteiger partial charge in [-0.3, -0.25) is 4.79 Å². The van der Waals surface area contributed by atoms with Gasteiger partial charge in [-0.2, -0.15) is 4.58 Å². The molecule has 1 aliphatic heterocycles. The lowest BCUT2D eigenvalue weighted by atomic mass is 9.82. The second kappa shape index (κ2) is 6.64. The monoisotopic (exact) mass is 302 g/mol. The molecule has 0 aromatic heterocycles. The molecule has 1 N–H and O–H groups in total. The first kappa shape index (κ1) is 16.7. The van der Waals surface area contributed by atoms with E-state index in [4.69, 9.17) is 5.11 Å². The third kappa shape index (κ3) is 3.40. The van der Waals surface area contributed by atoms with E-state index in [-0.39, 0.29) is 5.41 Å². The van der Waals surface area contributed by atoms with Crippen LogP contribution in [0, 0.1) is 6.92 Å². The van der Waals surface area contributed by atoms with Gasteiger partial charge in [-0.05, 0) is 39.7 Å². The van der Waals surface area contributed by atoms with Crippen molar-refractivity contribution in [2.24, 2.45) is 0 Å². The Bertz CT molecular complexity index is 599. The minimum Gasteiger partial charge on any atom is -0.481 e. The molecule has 1 heterocycles. The average Bonchev–Trinajstić information content (AvgIpc) is 2.63. The molecule has 3 heteroatoms. The number of benzene rings is 1. The number of carboxylic acids is 1. The maximum Gasteiger partial charge on any atom is 0.303 e. The smallest absolute Gasteiger partial charge is 0.303 e. The van der Waals surface area contributed by atoms with E-state index in [1.165, 1.54) is 22.5 Å². The molecule has 0 radical (unpaired) electrons. The molecule has 1 aromatic carbocycles. The molecule has 0 saturated heterocycles. The zero-order valence-corrected chi connectivity index (χ0v) is 14.3. The van der Waals surface area contributed by atoms with Crippen molar-refractivity contribution in [3.05, 3.63) is 29.3 Å². The summed E-state index contributed by atoms with van der Waals surface area (Å²) >= 11 is 0.